The van der Waals surface area contributed by atoms with Crippen LogP contribution in [-0.4, -0.2) is 30.7 Å². The van der Waals surface area contributed by atoms with E-state index in [4.69, 9.17) is 4.74 Å². The lowest BCUT2D eigenvalue weighted by Crippen LogP contribution is -2.31. The summed E-state index contributed by atoms with van der Waals surface area (Å²) >= 11 is 1.22. The van der Waals surface area contributed by atoms with Gasteiger partial charge in [0.1, 0.15) is 11.6 Å². The molecule has 0 aliphatic rings. The standard InChI is InChI=1S/C18H20FNO2S/c1-13(14-8-10-15(22-3)11-9-14)20(2)18(21)12-23-17-7-5-4-6-16(17)19/h4-11,13H,12H2,1-3H3. The lowest BCUT2D eigenvalue weighted by molar-refractivity contribution is -0.128. The summed E-state index contributed by atoms with van der Waals surface area (Å²) in [6.07, 6.45) is 0. The van der Waals surface area contributed by atoms with Gasteiger partial charge in [-0.25, -0.2) is 4.39 Å². The zero-order valence-corrected chi connectivity index (χ0v) is 14.3. The molecule has 1 amide bonds. The predicted octanol–water partition coefficient (Wildman–Crippen LogP) is 4.15. The second-order valence-corrected chi connectivity index (χ2v) is 6.19. The van der Waals surface area contributed by atoms with E-state index in [-0.39, 0.29) is 23.5 Å². The number of nitrogens with zero attached hydrogens (tertiary/aromatic N) is 1. The molecule has 0 fully saturated rings. The summed E-state index contributed by atoms with van der Waals surface area (Å²) < 4.78 is 18.7. The Morgan fingerprint density at radius 3 is 2.48 bits per heavy atom. The minimum Gasteiger partial charge on any atom is -0.497 e. The summed E-state index contributed by atoms with van der Waals surface area (Å²) in [4.78, 5) is 14.5. The maximum Gasteiger partial charge on any atom is 0.233 e. The van der Waals surface area contributed by atoms with Crippen LogP contribution in [0.4, 0.5) is 4.39 Å². The summed E-state index contributed by atoms with van der Waals surface area (Å²) in [6, 6.07) is 14.1. The lowest BCUT2D eigenvalue weighted by atomic mass is 10.1. The molecule has 0 aromatic heterocycles. The van der Waals surface area contributed by atoms with E-state index in [1.807, 2.05) is 31.2 Å². The number of benzene rings is 2. The van der Waals surface area contributed by atoms with Crippen molar-refractivity contribution in [2.45, 2.75) is 17.9 Å². The van der Waals surface area contributed by atoms with Crippen LogP contribution in [0.25, 0.3) is 0 Å². The lowest BCUT2D eigenvalue weighted by Gasteiger charge is -2.25. The van der Waals surface area contributed by atoms with Gasteiger partial charge >= 0.3 is 0 Å². The molecule has 1 atom stereocenters. The third-order valence-electron chi connectivity index (χ3n) is 3.76. The Balaban J connectivity index is 1.96. The van der Waals surface area contributed by atoms with E-state index in [1.165, 1.54) is 17.8 Å². The van der Waals surface area contributed by atoms with E-state index in [9.17, 15) is 9.18 Å². The maximum absolute atomic E-state index is 13.6. The third-order valence-corrected chi connectivity index (χ3v) is 4.79. The zero-order chi connectivity index (χ0) is 16.8. The number of rotatable bonds is 6. The Bertz CT molecular complexity index is 660. The summed E-state index contributed by atoms with van der Waals surface area (Å²) in [5.41, 5.74) is 1.03. The van der Waals surface area contributed by atoms with Gasteiger partial charge in [-0.05, 0) is 36.8 Å². The molecule has 5 heteroatoms. The van der Waals surface area contributed by atoms with Gasteiger partial charge in [0, 0.05) is 11.9 Å². The molecule has 0 heterocycles. The van der Waals surface area contributed by atoms with E-state index in [0.29, 0.717) is 4.90 Å². The molecule has 0 spiro atoms. The van der Waals surface area contributed by atoms with Gasteiger partial charge in [0.05, 0.1) is 18.9 Å². The summed E-state index contributed by atoms with van der Waals surface area (Å²) in [6.45, 7) is 1.97. The Labute approximate surface area is 140 Å². The largest absolute Gasteiger partial charge is 0.497 e. The highest BCUT2D eigenvalue weighted by atomic mass is 32.2. The van der Waals surface area contributed by atoms with Crippen molar-refractivity contribution in [3.8, 4) is 5.75 Å². The topological polar surface area (TPSA) is 29.5 Å². The van der Waals surface area contributed by atoms with Gasteiger partial charge in [0.2, 0.25) is 5.91 Å². The van der Waals surface area contributed by atoms with E-state index in [2.05, 4.69) is 0 Å². The van der Waals surface area contributed by atoms with Crippen molar-refractivity contribution in [2.75, 3.05) is 19.9 Å². The Morgan fingerprint density at radius 2 is 1.87 bits per heavy atom. The molecule has 3 nitrogen and oxygen atoms in total. The quantitative estimate of drug-likeness (QED) is 0.744. The molecule has 1 unspecified atom stereocenters. The smallest absolute Gasteiger partial charge is 0.233 e. The third kappa shape index (κ3) is 4.48. The highest BCUT2D eigenvalue weighted by Crippen LogP contribution is 2.25. The molecule has 0 saturated heterocycles. The highest BCUT2D eigenvalue weighted by molar-refractivity contribution is 8.00. The van der Waals surface area contributed by atoms with E-state index >= 15 is 0 Å². The van der Waals surface area contributed by atoms with Gasteiger partial charge in [-0.2, -0.15) is 0 Å². The first-order chi connectivity index (χ1) is 11.0. The average Bonchev–Trinajstić information content (AvgIpc) is 2.59. The van der Waals surface area contributed by atoms with Crippen LogP contribution in [0.5, 0.6) is 5.75 Å². The monoisotopic (exact) mass is 333 g/mol. The van der Waals surface area contributed by atoms with E-state index in [1.54, 1.807) is 37.3 Å². The van der Waals surface area contributed by atoms with Crippen LogP contribution in [0.3, 0.4) is 0 Å². The normalized spacial score (nSPS) is 11.8. The van der Waals surface area contributed by atoms with Crippen molar-refractivity contribution in [2.24, 2.45) is 0 Å². The van der Waals surface area contributed by atoms with Crippen molar-refractivity contribution >= 4 is 17.7 Å². The SMILES string of the molecule is COc1ccc(C(C)N(C)C(=O)CSc2ccccc2F)cc1. The Hall–Kier alpha value is -2.01. The molecule has 2 aromatic carbocycles. The number of hydrogen-bond donors (Lipinski definition) is 0. The fourth-order valence-corrected chi connectivity index (χ4v) is 2.99. The second kappa shape index (κ2) is 8.02. The molecule has 23 heavy (non-hydrogen) atoms. The van der Waals surface area contributed by atoms with Crippen LogP contribution in [0.15, 0.2) is 53.4 Å². The molecule has 0 radical (unpaired) electrons. The second-order valence-electron chi connectivity index (χ2n) is 5.17. The summed E-state index contributed by atoms with van der Waals surface area (Å²) in [7, 11) is 3.38. The molecule has 0 aliphatic heterocycles. The number of carbonyl (C=O) groups excluding carboxylic acids is 1. The van der Waals surface area contributed by atoms with Crippen molar-refractivity contribution < 1.29 is 13.9 Å². The fourth-order valence-electron chi connectivity index (χ4n) is 2.13. The number of methoxy groups -OCH3 is 1. The van der Waals surface area contributed by atoms with Crippen LogP contribution in [0, 0.1) is 5.82 Å². The first-order valence-corrected chi connectivity index (χ1v) is 8.28. The van der Waals surface area contributed by atoms with Crippen LogP contribution in [0.1, 0.15) is 18.5 Å². The van der Waals surface area contributed by atoms with Crippen LogP contribution < -0.4 is 4.74 Å². The summed E-state index contributed by atoms with van der Waals surface area (Å²) in [5, 5.41) is 0. The number of halogens is 1. The maximum atomic E-state index is 13.6. The molecule has 2 rings (SSSR count). The van der Waals surface area contributed by atoms with Crippen LogP contribution in [0.2, 0.25) is 0 Å². The number of thioether (sulfide) groups is 1. The van der Waals surface area contributed by atoms with Gasteiger partial charge in [-0.1, -0.05) is 24.3 Å². The van der Waals surface area contributed by atoms with E-state index < -0.39 is 0 Å². The van der Waals surface area contributed by atoms with Gasteiger partial charge in [0.15, 0.2) is 0 Å². The highest BCUT2D eigenvalue weighted by Gasteiger charge is 2.18. The van der Waals surface area contributed by atoms with Crippen LogP contribution in [-0.2, 0) is 4.79 Å². The van der Waals surface area contributed by atoms with Crippen LogP contribution >= 0.6 is 11.8 Å². The summed E-state index contributed by atoms with van der Waals surface area (Å²) in [5.74, 6) is 0.653. The first kappa shape index (κ1) is 17.3. The average molecular weight is 333 g/mol. The van der Waals surface area contributed by atoms with E-state index in [0.717, 1.165) is 11.3 Å². The molecule has 0 aliphatic carbocycles. The van der Waals surface area contributed by atoms with Crippen molar-refractivity contribution in [3.63, 3.8) is 0 Å². The van der Waals surface area contributed by atoms with Gasteiger partial charge in [0.25, 0.3) is 0 Å². The number of ether oxygens (including phenoxy) is 1. The molecular weight excluding hydrogens is 313 g/mol. The number of amides is 1. The van der Waals surface area contributed by atoms with Crippen molar-refractivity contribution in [1.82, 2.24) is 4.90 Å². The number of carbonyl (C=O) groups is 1. The molecular formula is C18H20FNO2S. The Morgan fingerprint density at radius 1 is 1.22 bits per heavy atom. The molecule has 2 aromatic rings. The molecule has 122 valence electrons. The molecule has 0 bridgehead atoms. The molecule has 0 N–H and O–H groups in total. The van der Waals surface area contributed by atoms with Gasteiger partial charge in [-0.15, -0.1) is 11.8 Å². The fraction of sp³-hybridized carbons (Fsp3) is 0.278. The zero-order valence-electron chi connectivity index (χ0n) is 13.5. The van der Waals surface area contributed by atoms with Gasteiger partial charge < -0.3 is 9.64 Å². The minimum absolute atomic E-state index is 0.0402. The minimum atomic E-state index is -0.295. The Kier molecular flexibility index (Phi) is 6.04. The van der Waals surface area contributed by atoms with Gasteiger partial charge in [-0.3, -0.25) is 4.79 Å². The van der Waals surface area contributed by atoms with Crippen molar-refractivity contribution in [1.29, 1.82) is 0 Å². The molecule has 0 saturated carbocycles. The number of hydrogen-bond acceptors (Lipinski definition) is 3. The predicted molar refractivity (Wildman–Crippen MR) is 91.3 cm³/mol. The first-order valence-electron chi connectivity index (χ1n) is 7.30. The van der Waals surface area contributed by atoms with Crippen molar-refractivity contribution in [3.05, 3.63) is 59.9 Å².